The molecule has 2 bridgehead atoms. The molecule has 1 aromatic heterocycles. The van der Waals surface area contributed by atoms with Crippen molar-refractivity contribution in [1.82, 2.24) is 20.0 Å². The number of nitrogens with one attached hydrogen (secondary N) is 1. The molecule has 1 atom stereocenters. The Morgan fingerprint density at radius 3 is 2.66 bits per heavy atom. The van der Waals surface area contributed by atoms with Crippen molar-refractivity contribution in [2.45, 2.75) is 57.8 Å². The number of rotatable bonds is 9. The van der Waals surface area contributed by atoms with Crippen LogP contribution in [0.25, 0.3) is 10.9 Å². The van der Waals surface area contributed by atoms with Crippen molar-refractivity contribution in [3.8, 4) is 0 Å². The average Bonchev–Trinajstić information content (AvgIpc) is 3.11. The van der Waals surface area contributed by atoms with Crippen LogP contribution in [0.4, 0.5) is 0 Å². The Bertz CT molecular complexity index is 966. The van der Waals surface area contributed by atoms with E-state index in [2.05, 4.69) is 45.8 Å². The molecule has 3 aliphatic rings. The van der Waals surface area contributed by atoms with Crippen LogP contribution in [-0.4, -0.2) is 68.1 Å². The van der Waals surface area contributed by atoms with E-state index in [0.29, 0.717) is 24.9 Å². The first-order valence-electron chi connectivity index (χ1n) is 11.6. The molecule has 0 radical (unpaired) electrons. The maximum Gasteiger partial charge on any atom is 0.338 e. The van der Waals surface area contributed by atoms with Gasteiger partial charge in [-0.1, -0.05) is 35.6 Å². The van der Waals surface area contributed by atoms with Crippen molar-refractivity contribution in [2.75, 3.05) is 33.4 Å². The molecule has 176 valence electrons. The number of carbonyl (C=O) groups excluding carboxylic acids is 1. The SMILES string of the molecule is COC(=O)c1cc(Br)cc2c1c(CN[C@H]1CN3CCC1CC3)nn2COCC[Si](C)(C)C. The summed E-state index contributed by atoms with van der Waals surface area (Å²) in [4.78, 5) is 15.1. The third-order valence-corrected chi connectivity index (χ3v) is 8.86. The molecule has 0 spiro atoms. The van der Waals surface area contributed by atoms with E-state index in [0.717, 1.165) is 46.2 Å². The number of halogens is 1. The van der Waals surface area contributed by atoms with Gasteiger partial charge in [-0.15, -0.1) is 0 Å². The quantitative estimate of drug-likeness (QED) is 0.304. The number of methoxy groups -OCH3 is 1. The summed E-state index contributed by atoms with van der Waals surface area (Å²) < 4.78 is 13.8. The third kappa shape index (κ3) is 5.44. The molecule has 9 heteroatoms. The molecular weight excluding hydrogens is 488 g/mol. The first-order chi connectivity index (χ1) is 15.2. The van der Waals surface area contributed by atoms with Crippen molar-refractivity contribution in [3.05, 3.63) is 27.9 Å². The molecule has 0 amide bonds. The molecule has 32 heavy (non-hydrogen) atoms. The lowest BCUT2D eigenvalue weighted by atomic mass is 9.84. The Morgan fingerprint density at radius 1 is 1.28 bits per heavy atom. The number of aromatic nitrogens is 2. The summed E-state index contributed by atoms with van der Waals surface area (Å²) in [5.41, 5.74) is 2.30. The van der Waals surface area contributed by atoms with Gasteiger partial charge in [0.1, 0.15) is 6.73 Å². The highest BCUT2D eigenvalue weighted by Gasteiger charge is 2.34. The first kappa shape index (κ1) is 23.9. The van der Waals surface area contributed by atoms with Gasteiger partial charge >= 0.3 is 5.97 Å². The molecule has 3 fully saturated rings. The fourth-order valence-electron chi connectivity index (χ4n) is 4.80. The monoisotopic (exact) mass is 522 g/mol. The molecular formula is C23H35BrN4O3Si. The summed E-state index contributed by atoms with van der Waals surface area (Å²) in [6, 6.07) is 5.41. The summed E-state index contributed by atoms with van der Waals surface area (Å²) in [5, 5.41) is 9.48. The summed E-state index contributed by atoms with van der Waals surface area (Å²) >= 11 is 3.55. The number of benzene rings is 1. The second-order valence-corrected chi connectivity index (χ2v) is 16.8. The predicted octanol–water partition coefficient (Wildman–Crippen LogP) is 4.08. The van der Waals surface area contributed by atoms with Crippen LogP contribution < -0.4 is 5.32 Å². The van der Waals surface area contributed by atoms with Crippen molar-refractivity contribution < 1.29 is 14.3 Å². The average molecular weight is 524 g/mol. The van der Waals surface area contributed by atoms with Gasteiger partial charge in [-0.2, -0.15) is 5.10 Å². The van der Waals surface area contributed by atoms with Gasteiger partial charge in [0.2, 0.25) is 0 Å². The van der Waals surface area contributed by atoms with E-state index in [9.17, 15) is 4.79 Å². The molecule has 1 N–H and O–H groups in total. The van der Waals surface area contributed by atoms with Crippen molar-refractivity contribution in [1.29, 1.82) is 0 Å². The Hall–Kier alpha value is -1.26. The first-order valence-corrected chi connectivity index (χ1v) is 16.1. The van der Waals surface area contributed by atoms with Crippen LogP contribution in [0.2, 0.25) is 25.7 Å². The van der Waals surface area contributed by atoms with Crippen LogP contribution in [0, 0.1) is 5.92 Å². The lowest BCUT2D eigenvalue weighted by molar-refractivity contribution is 0.0602. The van der Waals surface area contributed by atoms with Crippen LogP contribution in [0.15, 0.2) is 16.6 Å². The maximum absolute atomic E-state index is 12.6. The number of hydrogen-bond donors (Lipinski definition) is 1. The maximum atomic E-state index is 12.6. The zero-order valence-corrected chi connectivity index (χ0v) is 22.2. The third-order valence-electron chi connectivity index (χ3n) is 6.69. The topological polar surface area (TPSA) is 68.6 Å². The normalized spacial score (nSPS) is 23.1. The number of carbonyl (C=O) groups is 1. The van der Waals surface area contributed by atoms with Crippen LogP contribution >= 0.6 is 15.9 Å². The zero-order chi connectivity index (χ0) is 22.9. The molecule has 2 aromatic rings. The minimum atomic E-state index is -1.16. The Balaban J connectivity index is 1.59. The van der Waals surface area contributed by atoms with Crippen molar-refractivity contribution >= 4 is 40.9 Å². The van der Waals surface area contributed by atoms with Gasteiger partial charge in [0.25, 0.3) is 0 Å². The molecule has 5 rings (SSSR count). The van der Waals surface area contributed by atoms with E-state index in [-0.39, 0.29) is 5.97 Å². The number of esters is 1. The van der Waals surface area contributed by atoms with Crippen LogP contribution in [-0.2, 0) is 22.7 Å². The smallest absolute Gasteiger partial charge is 0.338 e. The Labute approximate surface area is 199 Å². The highest BCUT2D eigenvalue weighted by atomic mass is 79.9. The molecule has 0 aliphatic carbocycles. The Morgan fingerprint density at radius 2 is 2.03 bits per heavy atom. The van der Waals surface area contributed by atoms with Crippen LogP contribution in [0.5, 0.6) is 0 Å². The fraction of sp³-hybridized carbons (Fsp3) is 0.652. The fourth-order valence-corrected chi connectivity index (χ4v) is 6.00. The number of piperidine rings is 3. The van der Waals surface area contributed by atoms with Gasteiger partial charge in [-0.25, -0.2) is 9.48 Å². The standard InChI is InChI=1S/C23H35BrN4O3Si/c1-30-23(29)18-11-17(24)12-21-22(18)19(26-28(21)15-31-9-10-32(2,3)4)13-25-20-14-27-7-5-16(20)6-8-27/h11-12,16,20,25H,5-10,13-15H2,1-4H3/t20-/m0/s1. The highest BCUT2D eigenvalue weighted by Crippen LogP contribution is 2.30. The summed E-state index contributed by atoms with van der Waals surface area (Å²) in [6.45, 7) is 12.3. The van der Waals surface area contributed by atoms with Gasteiger partial charge < -0.3 is 19.7 Å². The molecule has 0 unspecified atom stereocenters. The van der Waals surface area contributed by atoms with Gasteiger partial charge in [-0.05, 0) is 50.0 Å². The summed E-state index contributed by atoms with van der Waals surface area (Å²) in [6.07, 6.45) is 2.52. The molecule has 7 nitrogen and oxygen atoms in total. The van der Waals surface area contributed by atoms with E-state index < -0.39 is 8.07 Å². The minimum Gasteiger partial charge on any atom is -0.465 e. The second kappa shape index (κ2) is 9.93. The van der Waals surface area contributed by atoms with E-state index in [1.165, 1.54) is 33.0 Å². The van der Waals surface area contributed by atoms with E-state index in [1.54, 1.807) is 0 Å². The number of nitrogens with zero attached hydrogens (tertiary/aromatic N) is 3. The molecule has 3 saturated heterocycles. The van der Waals surface area contributed by atoms with Crippen LogP contribution in [0.3, 0.4) is 0 Å². The molecule has 1 aromatic carbocycles. The zero-order valence-electron chi connectivity index (χ0n) is 19.6. The highest BCUT2D eigenvalue weighted by molar-refractivity contribution is 9.10. The van der Waals surface area contributed by atoms with Gasteiger partial charge in [0.15, 0.2) is 0 Å². The van der Waals surface area contributed by atoms with Gasteiger partial charge in [-0.3, -0.25) is 0 Å². The molecule has 3 aliphatic heterocycles. The van der Waals surface area contributed by atoms with Crippen molar-refractivity contribution in [2.24, 2.45) is 5.92 Å². The number of ether oxygens (including phenoxy) is 2. The summed E-state index contributed by atoms with van der Waals surface area (Å²) in [7, 11) is 0.263. The largest absolute Gasteiger partial charge is 0.465 e. The van der Waals surface area contributed by atoms with E-state index in [1.807, 2.05) is 16.8 Å². The lowest BCUT2D eigenvalue weighted by Gasteiger charge is -2.45. The van der Waals surface area contributed by atoms with E-state index >= 15 is 0 Å². The minimum absolute atomic E-state index is 0.348. The molecule has 0 saturated carbocycles. The number of fused-ring (bicyclic) bond motifs is 4. The summed E-state index contributed by atoms with van der Waals surface area (Å²) in [5.74, 6) is 0.382. The number of hydrogen-bond acceptors (Lipinski definition) is 6. The predicted molar refractivity (Wildman–Crippen MR) is 133 cm³/mol. The Kier molecular flexibility index (Phi) is 7.41. The molecule has 4 heterocycles. The van der Waals surface area contributed by atoms with E-state index in [4.69, 9.17) is 14.6 Å². The van der Waals surface area contributed by atoms with Gasteiger partial charge in [0.05, 0.1) is 23.9 Å². The second-order valence-electron chi connectivity index (χ2n) is 10.3. The van der Waals surface area contributed by atoms with Gasteiger partial charge in [0, 0.05) is 43.7 Å². The van der Waals surface area contributed by atoms with Crippen LogP contribution in [0.1, 0.15) is 28.9 Å². The van der Waals surface area contributed by atoms with Crippen molar-refractivity contribution in [3.63, 3.8) is 0 Å². The lowest BCUT2D eigenvalue weighted by Crippen LogP contribution is -2.55.